The quantitative estimate of drug-likeness (QED) is 0.232. The largest absolute Gasteiger partial charge is 0.298 e. The predicted octanol–water partition coefficient (Wildman–Crippen LogP) is 2.22. The second-order valence-electron chi connectivity index (χ2n) is 2.05. The number of hydrogen-bond donors (Lipinski definition) is 0. The van der Waals surface area contributed by atoms with E-state index in [-0.39, 0.29) is 6.54 Å². The third kappa shape index (κ3) is 2.64. The molecule has 0 saturated carbocycles. The van der Waals surface area contributed by atoms with Crippen LogP contribution in [-0.2, 0) is 0 Å². The zero-order chi connectivity index (χ0) is 9.52. The molecule has 0 aromatic carbocycles. The highest BCUT2D eigenvalue weighted by Gasteiger charge is 1.97. The number of nitrogens with zero attached hydrogens (tertiary/aromatic N) is 3. The van der Waals surface area contributed by atoms with E-state index in [1.165, 1.54) is 11.3 Å². The first-order chi connectivity index (χ1) is 6.38. The van der Waals surface area contributed by atoms with Crippen molar-refractivity contribution in [2.75, 3.05) is 6.54 Å². The standard InChI is InChI=1S/C8H5N3OS/c9-11-10-3-1-2-7-5-13-6-8(7)4-12/h4-6H,3H2. The van der Waals surface area contributed by atoms with Gasteiger partial charge in [-0.05, 0) is 5.53 Å². The lowest BCUT2D eigenvalue weighted by Crippen LogP contribution is -1.79. The number of rotatable bonds is 2. The van der Waals surface area contributed by atoms with E-state index in [2.05, 4.69) is 21.9 Å². The Balaban J connectivity index is 2.76. The summed E-state index contributed by atoms with van der Waals surface area (Å²) >= 11 is 1.42. The van der Waals surface area contributed by atoms with E-state index in [1.807, 2.05) is 0 Å². The Bertz CT molecular complexity index is 407. The van der Waals surface area contributed by atoms with Crippen LogP contribution in [0, 0.1) is 11.8 Å². The molecule has 0 unspecified atom stereocenters. The summed E-state index contributed by atoms with van der Waals surface area (Å²) < 4.78 is 0. The van der Waals surface area contributed by atoms with Gasteiger partial charge >= 0.3 is 0 Å². The van der Waals surface area contributed by atoms with Gasteiger partial charge in [-0.1, -0.05) is 17.0 Å². The fraction of sp³-hybridized carbons (Fsp3) is 0.125. The van der Waals surface area contributed by atoms with Crippen LogP contribution in [0.1, 0.15) is 15.9 Å². The minimum atomic E-state index is 0.130. The highest BCUT2D eigenvalue weighted by atomic mass is 32.1. The molecule has 0 saturated heterocycles. The fourth-order valence-electron chi connectivity index (χ4n) is 0.702. The van der Waals surface area contributed by atoms with Gasteiger partial charge in [-0.2, -0.15) is 11.3 Å². The molecule has 0 atom stereocenters. The van der Waals surface area contributed by atoms with Crippen molar-refractivity contribution in [1.29, 1.82) is 0 Å². The lowest BCUT2D eigenvalue weighted by molar-refractivity contribution is 0.112. The van der Waals surface area contributed by atoms with E-state index in [0.29, 0.717) is 11.1 Å². The van der Waals surface area contributed by atoms with Crippen LogP contribution in [0.15, 0.2) is 15.9 Å². The molecule has 0 spiro atoms. The van der Waals surface area contributed by atoms with Gasteiger partial charge in [0.1, 0.15) is 0 Å². The Morgan fingerprint density at radius 1 is 1.69 bits per heavy atom. The molecule has 64 valence electrons. The number of azide groups is 1. The molecule has 0 fully saturated rings. The van der Waals surface area contributed by atoms with Crippen LogP contribution in [0.2, 0.25) is 0 Å². The van der Waals surface area contributed by atoms with E-state index in [9.17, 15) is 4.79 Å². The second-order valence-corrected chi connectivity index (χ2v) is 2.79. The highest BCUT2D eigenvalue weighted by Crippen LogP contribution is 2.10. The molecule has 0 aliphatic carbocycles. The highest BCUT2D eigenvalue weighted by molar-refractivity contribution is 7.08. The zero-order valence-electron chi connectivity index (χ0n) is 6.60. The monoisotopic (exact) mass is 191 g/mol. The minimum Gasteiger partial charge on any atom is -0.298 e. The van der Waals surface area contributed by atoms with Crippen molar-refractivity contribution in [3.63, 3.8) is 0 Å². The van der Waals surface area contributed by atoms with Gasteiger partial charge < -0.3 is 0 Å². The molecule has 0 aliphatic heterocycles. The van der Waals surface area contributed by atoms with E-state index in [4.69, 9.17) is 5.53 Å². The molecule has 1 aromatic rings. The van der Waals surface area contributed by atoms with Crippen molar-refractivity contribution in [3.05, 3.63) is 32.3 Å². The maximum absolute atomic E-state index is 10.4. The number of carbonyl (C=O) groups is 1. The maximum Gasteiger partial charge on any atom is 0.152 e. The van der Waals surface area contributed by atoms with Crippen LogP contribution >= 0.6 is 11.3 Å². The zero-order valence-corrected chi connectivity index (χ0v) is 7.41. The van der Waals surface area contributed by atoms with Gasteiger partial charge in [-0.3, -0.25) is 4.79 Å². The molecule has 0 N–H and O–H groups in total. The first-order valence-electron chi connectivity index (χ1n) is 3.39. The first-order valence-corrected chi connectivity index (χ1v) is 4.34. The van der Waals surface area contributed by atoms with Crippen LogP contribution in [0.25, 0.3) is 10.4 Å². The molecule has 5 heteroatoms. The topological polar surface area (TPSA) is 65.8 Å². The number of aldehydes is 1. The second kappa shape index (κ2) is 4.99. The lowest BCUT2D eigenvalue weighted by atomic mass is 10.2. The number of thiophene rings is 1. The molecule has 0 radical (unpaired) electrons. The lowest BCUT2D eigenvalue weighted by Gasteiger charge is -1.81. The normalized spacial score (nSPS) is 8.00. The minimum absolute atomic E-state index is 0.130. The van der Waals surface area contributed by atoms with Crippen molar-refractivity contribution in [2.24, 2.45) is 5.11 Å². The Hall–Kier alpha value is -1.76. The molecular weight excluding hydrogens is 186 g/mol. The fourth-order valence-corrected chi connectivity index (χ4v) is 1.43. The molecule has 0 bridgehead atoms. The van der Waals surface area contributed by atoms with Crippen molar-refractivity contribution in [2.45, 2.75) is 0 Å². The van der Waals surface area contributed by atoms with Gasteiger partial charge in [0, 0.05) is 26.8 Å². The van der Waals surface area contributed by atoms with Gasteiger partial charge in [-0.25, -0.2) is 0 Å². The molecule has 0 amide bonds. The summed E-state index contributed by atoms with van der Waals surface area (Å²) in [6.45, 7) is 0.130. The predicted molar refractivity (Wildman–Crippen MR) is 50.6 cm³/mol. The summed E-state index contributed by atoms with van der Waals surface area (Å²) in [6, 6.07) is 0. The molecule has 1 heterocycles. The third-order valence-electron chi connectivity index (χ3n) is 1.25. The van der Waals surface area contributed by atoms with E-state index < -0.39 is 0 Å². The summed E-state index contributed by atoms with van der Waals surface area (Å²) in [7, 11) is 0. The molecule has 1 rings (SSSR count). The van der Waals surface area contributed by atoms with Crippen molar-refractivity contribution in [3.8, 4) is 11.8 Å². The summed E-state index contributed by atoms with van der Waals surface area (Å²) in [5, 5.41) is 6.76. The van der Waals surface area contributed by atoms with Gasteiger partial charge in [0.25, 0.3) is 0 Å². The maximum atomic E-state index is 10.4. The van der Waals surface area contributed by atoms with E-state index in [1.54, 1.807) is 10.8 Å². The molecular formula is C8H5N3OS. The number of carbonyl (C=O) groups excluding carboxylic acids is 1. The average molecular weight is 191 g/mol. The van der Waals surface area contributed by atoms with Crippen molar-refractivity contribution >= 4 is 17.6 Å². The molecule has 1 aromatic heterocycles. The van der Waals surface area contributed by atoms with Crippen LogP contribution in [0.5, 0.6) is 0 Å². The Morgan fingerprint density at radius 2 is 2.54 bits per heavy atom. The Kier molecular flexibility index (Phi) is 3.58. The Morgan fingerprint density at radius 3 is 3.23 bits per heavy atom. The van der Waals surface area contributed by atoms with Gasteiger partial charge in [0.05, 0.1) is 6.54 Å². The Labute approximate surface area is 78.8 Å². The summed E-state index contributed by atoms with van der Waals surface area (Å²) in [4.78, 5) is 13.0. The number of hydrogen-bond acceptors (Lipinski definition) is 3. The van der Waals surface area contributed by atoms with Gasteiger partial charge in [-0.15, -0.1) is 0 Å². The summed E-state index contributed by atoms with van der Waals surface area (Å²) in [5.74, 6) is 5.38. The van der Waals surface area contributed by atoms with Crippen LogP contribution in [-0.4, -0.2) is 12.8 Å². The van der Waals surface area contributed by atoms with Crippen LogP contribution in [0.4, 0.5) is 0 Å². The third-order valence-corrected chi connectivity index (χ3v) is 2.02. The van der Waals surface area contributed by atoms with Crippen molar-refractivity contribution < 1.29 is 4.79 Å². The van der Waals surface area contributed by atoms with Crippen molar-refractivity contribution in [1.82, 2.24) is 0 Å². The van der Waals surface area contributed by atoms with Crippen LogP contribution in [0.3, 0.4) is 0 Å². The van der Waals surface area contributed by atoms with Crippen LogP contribution < -0.4 is 0 Å². The molecule has 13 heavy (non-hydrogen) atoms. The van der Waals surface area contributed by atoms with E-state index >= 15 is 0 Å². The average Bonchev–Trinajstić information content (AvgIpc) is 2.60. The molecule has 4 nitrogen and oxygen atoms in total. The van der Waals surface area contributed by atoms with Gasteiger partial charge in [0.15, 0.2) is 6.29 Å². The summed E-state index contributed by atoms with van der Waals surface area (Å²) in [5.41, 5.74) is 9.23. The SMILES string of the molecule is [N-]=[N+]=NCC#Cc1cscc1C=O. The first kappa shape index (κ1) is 9.33. The summed E-state index contributed by atoms with van der Waals surface area (Å²) in [6.07, 6.45) is 0.758. The van der Waals surface area contributed by atoms with Gasteiger partial charge in [0.2, 0.25) is 0 Å². The molecule has 0 aliphatic rings. The van der Waals surface area contributed by atoms with E-state index in [0.717, 1.165) is 6.29 Å². The smallest absolute Gasteiger partial charge is 0.152 e.